The van der Waals surface area contributed by atoms with Crippen LogP contribution < -0.4 is 37.0 Å². The second-order valence-corrected chi connectivity index (χ2v) is 21.4. The number of aromatic nitrogens is 2. The van der Waals surface area contributed by atoms with Crippen LogP contribution in [0, 0.1) is 0 Å². The van der Waals surface area contributed by atoms with Crippen LogP contribution >= 0.6 is 39.1 Å². The minimum absolute atomic E-state index is 0. The van der Waals surface area contributed by atoms with Crippen LogP contribution in [0.15, 0.2) is 126 Å². The van der Waals surface area contributed by atoms with Gasteiger partial charge in [0.15, 0.2) is 0 Å². The van der Waals surface area contributed by atoms with E-state index in [1.54, 1.807) is 79.1 Å². The van der Waals surface area contributed by atoms with E-state index in [1.165, 1.54) is 12.2 Å². The lowest BCUT2D eigenvalue weighted by Gasteiger charge is -2.32. The van der Waals surface area contributed by atoms with Gasteiger partial charge in [-0.3, -0.25) is 19.2 Å². The van der Waals surface area contributed by atoms with Crippen LogP contribution in [-0.2, 0) is 22.4 Å². The molecule has 2 aromatic heterocycles. The van der Waals surface area contributed by atoms with E-state index >= 15 is 0 Å². The topological polar surface area (TPSA) is 242 Å². The molecule has 0 radical (unpaired) electrons. The highest BCUT2D eigenvalue weighted by atomic mass is 79.9. The van der Waals surface area contributed by atoms with Gasteiger partial charge >= 0.3 is 7.12 Å². The first-order chi connectivity index (χ1) is 38.4. The fourth-order valence-corrected chi connectivity index (χ4v) is 10.2. The minimum Gasteiger partial charge on any atom is -0.486 e. The Kier molecular flexibility index (Phi) is 21.9. The highest BCUT2D eigenvalue weighted by molar-refractivity contribution is 9.10. The zero-order valence-corrected chi connectivity index (χ0v) is 47.3. The maximum Gasteiger partial charge on any atom is 0.488 e. The summed E-state index contributed by atoms with van der Waals surface area (Å²) in [5.74, 6) is 1.87. The summed E-state index contributed by atoms with van der Waals surface area (Å²) in [6, 6.07) is 28.7. The Labute approximate surface area is 491 Å². The third-order valence-corrected chi connectivity index (χ3v) is 14.7. The van der Waals surface area contributed by atoms with Gasteiger partial charge in [-0.05, 0) is 127 Å². The molecule has 81 heavy (non-hydrogen) atoms. The molecule has 0 saturated carbocycles. The van der Waals surface area contributed by atoms with Gasteiger partial charge in [-0.15, -0.1) is 0 Å². The zero-order valence-electron chi connectivity index (χ0n) is 44.2. The Morgan fingerprint density at radius 2 is 1.06 bits per heavy atom. The van der Waals surface area contributed by atoms with Crippen molar-refractivity contribution in [3.05, 3.63) is 170 Å². The minimum atomic E-state index is -1.49. The molecule has 2 unspecified atom stereocenters. The number of fused-ring (bicyclic) bond motifs is 2. The number of benzene rings is 4. The Morgan fingerprint density at radius 3 is 1.49 bits per heavy atom. The van der Waals surface area contributed by atoms with Gasteiger partial charge in [0, 0.05) is 116 Å². The van der Waals surface area contributed by atoms with Crippen LogP contribution in [0.1, 0.15) is 50.4 Å². The highest BCUT2D eigenvalue weighted by Crippen LogP contribution is 2.40. The van der Waals surface area contributed by atoms with Crippen molar-refractivity contribution in [1.29, 1.82) is 0 Å². The molecule has 4 aliphatic rings. The second-order valence-electron chi connectivity index (χ2n) is 19.7. The van der Waals surface area contributed by atoms with E-state index in [0.29, 0.717) is 75.7 Å². The molecule has 2 atom stereocenters. The number of likely N-dealkylation sites (N-methyl/N-ethyl adjacent to an activating group) is 2. The molecule has 4 amide bonds. The quantitative estimate of drug-likeness (QED) is 0.0599. The van der Waals surface area contributed by atoms with E-state index in [-0.39, 0.29) is 43.3 Å². The number of hydrogen-bond donors (Lipinski definition) is 6. The van der Waals surface area contributed by atoms with E-state index in [2.05, 4.69) is 59.4 Å². The van der Waals surface area contributed by atoms with Crippen LogP contribution in [0.5, 0.6) is 11.5 Å². The van der Waals surface area contributed by atoms with Crippen molar-refractivity contribution in [1.82, 2.24) is 40.2 Å². The van der Waals surface area contributed by atoms with Crippen molar-refractivity contribution in [2.45, 2.75) is 32.5 Å². The highest BCUT2D eigenvalue weighted by Gasteiger charge is 2.28. The molecular formula is C59H66BBrCl2N10O8. The van der Waals surface area contributed by atoms with Gasteiger partial charge in [0.2, 0.25) is 11.8 Å². The number of piperazine rings is 2. The maximum absolute atomic E-state index is 12.9. The number of nitrogens with two attached hydrogens (primary N) is 2. The second kappa shape index (κ2) is 28.9. The number of anilines is 2. The fourth-order valence-electron chi connectivity index (χ4n) is 9.04. The molecular weight excluding hydrogens is 1140 g/mol. The Bertz CT molecular complexity index is 3200. The normalized spacial score (nSPS) is 16.6. The molecule has 0 spiro atoms. The molecule has 6 aromatic rings. The summed E-state index contributed by atoms with van der Waals surface area (Å²) in [6.07, 6.45) is 10.5. The monoisotopic (exact) mass is 1200 g/mol. The molecule has 4 aromatic carbocycles. The summed E-state index contributed by atoms with van der Waals surface area (Å²) in [6.45, 7) is 7.28. The van der Waals surface area contributed by atoms with E-state index in [9.17, 15) is 19.2 Å². The number of ether oxygens (including phenoxy) is 2. The largest absolute Gasteiger partial charge is 0.488 e. The molecule has 22 heteroatoms. The Balaban J connectivity index is 0.000000189. The van der Waals surface area contributed by atoms with Gasteiger partial charge in [0.05, 0.1) is 23.1 Å². The first-order valence-corrected chi connectivity index (χ1v) is 27.5. The number of pyridine rings is 2. The lowest BCUT2D eigenvalue weighted by Crippen LogP contribution is -2.47. The molecule has 0 bridgehead atoms. The molecule has 0 aliphatic carbocycles. The number of carbonyl (C=O) groups excluding carboxylic acids is 4. The standard InChI is InChI=1S/C29H30ClN5O3.C17H15BrClN3O2.C12H17BN2O3.CH4/c1-34-10-12-35(13-11-34)29(37)21-6-4-20(5-7-21)22-14-23-15-24(38-28(23)25(30)16-22)18-33-27(36)9-3-19-2-8-26(31)32-17-19;18-12-5-11-6-13(24-17(11)14(19)7-12)9-22-16(23)4-2-10-1-3-15(20)21-8-10;1-14-6-8-15(9-7-14)12(16)10-2-4-11(5-3-10)13(17)18;/h2-9,14,16-17,24H,10-13,15,18H2,1H3,(H2,31,32)(H,33,36);1-5,7-8,13H,6,9H2,(H2,20,21)(H,22,23);2-5,17-18H,6-9H2,1H3;1H4/b9-3+;4-2+;;. The average Bonchev–Trinajstić information content (AvgIpc) is 4.25. The predicted octanol–water partition coefficient (Wildman–Crippen LogP) is 6.11. The van der Waals surface area contributed by atoms with Crippen molar-refractivity contribution in [2.75, 3.05) is 91.0 Å². The third kappa shape index (κ3) is 17.4. The van der Waals surface area contributed by atoms with Crippen LogP contribution in [0.25, 0.3) is 23.3 Å². The number of rotatable bonds is 12. The van der Waals surface area contributed by atoms with E-state index < -0.39 is 7.12 Å². The van der Waals surface area contributed by atoms with E-state index in [4.69, 9.17) is 54.2 Å². The lowest BCUT2D eigenvalue weighted by atomic mass is 9.80. The van der Waals surface area contributed by atoms with Crippen LogP contribution in [0.4, 0.5) is 11.6 Å². The zero-order chi connectivity index (χ0) is 56.9. The molecule has 4 aliphatic heterocycles. The number of nitrogens with zero attached hydrogens (tertiary/aromatic N) is 6. The summed E-state index contributed by atoms with van der Waals surface area (Å²) >= 11 is 16.1. The van der Waals surface area contributed by atoms with Gasteiger partial charge in [-0.1, -0.05) is 70.8 Å². The number of nitrogens with one attached hydrogen (secondary N) is 2. The fraction of sp³-hybridized carbons (Fsp3) is 0.288. The molecule has 2 fully saturated rings. The lowest BCUT2D eigenvalue weighted by molar-refractivity contribution is -0.117. The van der Waals surface area contributed by atoms with E-state index in [0.717, 1.165) is 90.2 Å². The molecule has 8 N–H and O–H groups in total. The first kappa shape index (κ1) is 61.3. The molecule has 18 nitrogen and oxygen atoms in total. The maximum atomic E-state index is 12.9. The van der Waals surface area contributed by atoms with Crippen molar-refractivity contribution in [3.63, 3.8) is 0 Å². The summed E-state index contributed by atoms with van der Waals surface area (Å²) in [5.41, 5.74) is 18.3. The molecule has 6 heterocycles. The van der Waals surface area contributed by atoms with Gasteiger partial charge in [0.25, 0.3) is 11.8 Å². The summed E-state index contributed by atoms with van der Waals surface area (Å²) in [5, 5.41) is 24.8. The van der Waals surface area contributed by atoms with Gasteiger partial charge < -0.3 is 61.2 Å². The Morgan fingerprint density at radius 1 is 0.630 bits per heavy atom. The predicted molar refractivity (Wildman–Crippen MR) is 323 cm³/mol. The van der Waals surface area contributed by atoms with Crippen molar-refractivity contribution in [3.8, 4) is 22.6 Å². The van der Waals surface area contributed by atoms with Crippen molar-refractivity contribution >= 4 is 99.1 Å². The van der Waals surface area contributed by atoms with Gasteiger partial charge in [-0.2, -0.15) is 0 Å². The number of hydrogen-bond acceptors (Lipinski definition) is 14. The number of amides is 4. The molecule has 424 valence electrons. The number of nitrogen functional groups attached to an aromatic ring is 2. The Hall–Kier alpha value is -7.30. The summed E-state index contributed by atoms with van der Waals surface area (Å²) < 4.78 is 12.8. The number of carbonyl (C=O) groups is 4. The number of halogens is 3. The summed E-state index contributed by atoms with van der Waals surface area (Å²) in [4.78, 5) is 65.3. The van der Waals surface area contributed by atoms with Crippen LogP contribution in [0.2, 0.25) is 10.0 Å². The van der Waals surface area contributed by atoms with Crippen molar-refractivity contribution in [2.24, 2.45) is 0 Å². The molecule has 2 saturated heterocycles. The van der Waals surface area contributed by atoms with Gasteiger partial charge in [0.1, 0.15) is 35.3 Å². The van der Waals surface area contributed by atoms with E-state index in [1.807, 2.05) is 53.2 Å². The van der Waals surface area contributed by atoms with Gasteiger partial charge in [-0.25, -0.2) is 9.97 Å². The molecule has 10 rings (SSSR count). The van der Waals surface area contributed by atoms with Crippen LogP contribution in [-0.4, -0.2) is 162 Å². The summed E-state index contributed by atoms with van der Waals surface area (Å²) in [7, 11) is 2.62. The third-order valence-electron chi connectivity index (χ3n) is 13.7. The van der Waals surface area contributed by atoms with Crippen LogP contribution in [0.3, 0.4) is 0 Å². The smallest absolute Gasteiger partial charge is 0.486 e. The first-order valence-electron chi connectivity index (χ1n) is 26.0. The SMILES string of the molecule is C.CN1CCN(C(=O)c2ccc(-c3cc(Cl)c4c(c3)CC(CNC(=O)/C=C/c3ccc(N)nc3)O4)cc2)CC1.CN1CCN(C(=O)c2ccc(B(O)O)cc2)CC1.Nc1ccc(/C=C/C(=O)NCC2Cc3cc(Br)cc(Cl)c3O2)cn1. The average molecular weight is 1200 g/mol. The van der Waals surface area contributed by atoms with Crippen molar-refractivity contribution < 1.29 is 38.7 Å².